The first kappa shape index (κ1) is 13.6. The third kappa shape index (κ3) is 3.83. The number of amides is 1. The predicted octanol–water partition coefficient (Wildman–Crippen LogP) is 3.73. The Morgan fingerprint density at radius 1 is 1.21 bits per heavy atom. The summed E-state index contributed by atoms with van der Waals surface area (Å²) in [4.78, 5) is 12.9. The van der Waals surface area contributed by atoms with Crippen LogP contribution < -0.4 is 5.32 Å². The Hall–Kier alpha value is -1.81. The van der Waals surface area contributed by atoms with Crippen molar-refractivity contribution in [3.8, 4) is 0 Å². The molecule has 0 fully saturated rings. The van der Waals surface area contributed by atoms with Gasteiger partial charge in [0.05, 0.1) is 12.1 Å². The monoisotopic (exact) mass is 275 g/mol. The number of carbonyl (C=O) groups is 1. The molecule has 0 radical (unpaired) electrons. The number of rotatable bonds is 4. The molecule has 0 heterocycles. The SMILES string of the molecule is CSc1ccccc1NC(=O)Cc1cccc(F)c1. The molecule has 0 saturated carbocycles. The van der Waals surface area contributed by atoms with Gasteiger partial charge in [0.15, 0.2) is 0 Å². The van der Waals surface area contributed by atoms with Gasteiger partial charge in [0.1, 0.15) is 5.82 Å². The Bertz CT molecular complexity index is 586. The number of hydrogen-bond acceptors (Lipinski definition) is 2. The molecule has 1 amide bonds. The van der Waals surface area contributed by atoms with Crippen LogP contribution in [0.25, 0.3) is 0 Å². The second kappa shape index (κ2) is 6.38. The first-order chi connectivity index (χ1) is 9.19. The van der Waals surface area contributed by atoms with Crippen LogP contribution in [0.1, 0.15) is 5.56 Å². The van der Waals surface area contributed by atoms with Crippen molar-refractivity contribution in [2.24, 2.45) is 0 Å². The highest BCUT2D eigenvalue weighted by Crippen LogP contribution is 2.24. The van der Waals surface area contributed by atoms with Gasteiger partial charge in [0.25, 0.3) is 0 Å². The van der Waals surface area contributed by atoms with Crippen LogP contribution in [0.3, 0.4) is 0 Å². The van der Waals surface area contributed by atoms with E-state index in [1.165, 1.54) is 12.1 Å². The zero-order valence-corrected chi connectivity index (χ0v) is 11.3. The lowest BCUT2D eigenvalue weighted by molar-refractivity contribution is -0.115. The first-order valence-electron chi connectivity index (χ1n) is 5.86. The topological polar surface area (TPSA) is 29.1 Å². The van der Waals surface area contributed by atoms with Gasteiger partial charge in [-0.2, -0.15) is 0 Å². The van der Waals surface area contributed by atoms with E-state index in [2.05, 4.69) is 5.32 Å². The summed E-state index contributed by atoms with van der Waals surface area (Å²) < 4.78 is 13.0. The fourth-order valence-corrected chi connectivity index (χ4v) is 2.33. The molecule has 2 aromatic rings. The number of carbonyl (C=O) groups excluding carboxylic acids is 1. The molecule has 0 saturated heterocycles. The number of halogens is 1. The van der Waals surface area contributed by atoms with Crippen LogP contribution in [0.5, 0.6) is 0 Å². The number of nitrogens with one attached hydrogen (secondary N) is 1. The van der Waals surface area contributed by atoms with E-state index in [1.54, 1.807) is 23.9 Å². The van der Waals surface area contributed by atoms with E-state index >= 15 is 0 Å². The fourth-order valence-electron chi connectivity index (χ4n) is 1.77. The average Bonchev–Trinajstić information content (AvgIpc) is 2.39. The van der Waals surface area contributed by atoms with Gasteiger partial charge >= 0.3 is 0 Å². The van der Waals surface area contributed by atoms with Crippen LogP contribution in [-0.2, 0) is 11.2 Å². The number of thioether (sulfide) groups is 1. The summed E-state index contributed by atoms with van der Waals surface area (Å²) in [7, 11) is 0. The minimum atomic E-state index is -0.324. The molecule has 98 valence electrons. The van der Waals surface area contributed by atoms with E-state index in [1.807, 2.05) is 30.5 Å². The summed E-state index contributed by atoms with van der Waals surface area (Å²) in [5.41, 5.74) is 1.45. The van der Waals surface area contributed by atoms with Gasteiger partial charge in [-0.1, -0.05) is 24.3 Å². The average molecular weight is 275 g/mol. The van der Waals surface area contributed by atoms with Crippen molar-refractivity contribution in [2.75, 3.05) is 11.6 Å². The van der Waals surface area contributed by atoms with E-state index in [0.717, 1.165) is 10.6 Å². The molecule has 2 nitrogen and oxygen atoms in total. The molecular weight excluding hydrogens is 261 g/mol. The first-order valence-corrected chi connectivity index (χ1v) is 7.09. The van der Waals surface area contributed by atoms with Crippen molar-refractivity contribution in [1.82, 2.24) is 0 Å². The Morgan fingerprint density at radius 2 is 2.00 bits per heavy atom. The molecular formula is C15H14FNOS. The highest BCUT2D eigenvalue weighted by molar-refractivity contribution is 7.98. The summed E-state index contributed by atoms with van der Waals surface area (Å²) in [6, 6.07) is 13.7. The molecule has 2 rings (SSSR count). The molecule has 1 N–H and O–H groups in total. The number of anilines is 1. The third-order valence-electron chi connectivity index (χ3n) is 2.63. The molecule has 0 atom stereocenters. The number of benzene rings is 2. The van der Waals surface area contributed by atoms with Crippen LogP contribution in [-0.4, -0.2) is 12.2 Å². The van der Waals surface area contributed by atoms with Crippen molar-refractivity contribution in [2.45, 2.75) is 11.3 Å². The summed E-state index contributed by atoms with van der Waals surface area (Å²) in [5, 5.41) is 2.85. The van der Waals surface area contributed by atoms with Crippen molar-refractivity contribution in [3.05, 3.63) is 59.9 Å². The maximum Gasteiger partial charge on any atom is 0.228 e. The van der Waals surface area contributed by atoms with Gasteiger partial charge in [0, 0.05) is 4.90 Å². The van der Waals surface area contributed by atoms with E-state index in [4.69, 9.17) is 0 Å². The van der Waals surface area contributed by atoms with Crippen LogP contribution >= 0.6 is 11.8 Å². The van der Waals surface area contributed by atoms with Gasteiger partial charge in [0.2, 0.25) is 5.91 Å². The van der Waals surface area contributed by atoms with E-state index in [9.17, 15) is 9.18 Å². The maximum atomic E-state index is 13.0. The molecule has 0 aliphatic heterocycles. The molecule has 19 heavy (non-hydrogen) atoms. The van der Waals surface area contributed by atoms with Crippen LogP contribution in [0.4, 0.5) is 10.1 Å². The molecule has 4 heteroatoms. The van der Waals surface area contributed by atoms with E-state index in [-0.39, 0.29) is 18.1 Å². The zero-order chi connectivity index (χ0) is 13.7. The molecule has 2 aromatic carbocycles. The predicted molar refractivity (Wildman–Crippen MR) is 77.0 cm³/mol. The lowest BCUT2D eigenvalue weighted by Crippen LogP contribution is -2.14. The van der Waals surface area contributed by atoms with Crippen LogP contribution in [0, 0.1) is 5.82 Å². The Kier molecular flexibility index (Phi) is 4.58. The van der Waals surface area contributed by atoms with Crippen molar-refractivity contribution in [3.63, 3.8) is 0 Å². The van der Waals surface area contributed by atoms with E-state index in [0.29, 0.717) is 5.56 Å². The Labute approximate surface area is 116 Å². The Morgan fingerprint density at radius 3 is 2.74 bits per heavy atom. The molecule has 0 bridgehead atoms. The molecule has 0 unspecified atom stereocenters. The van der Waals surface area contributed by atoms with Crippen molar-refractivity contribution >= 4 is 23.4 Å². The smallest absolute Gasteiger partial charge is 0.228 e. The molecule has 0 spiro atoms. The van der Waals surface area contributed by atoms with Gasteiger partial charge < -0.3 is 5.32 Å². The third-order valence-corrected chi connectivity index (χ3v) is 3.43. The summed E-state index contributed by atoms with van der Waals surface area (Å²) in [5.74, 6) is -0.470. The minimum Gasteiger partial charge on any atom is -0.325 e. The van der Waals surface area contributed by atoms with Crippen molar-refractivity contribution < 1.29 is 9.18 Å². The number of para-hydroxylation sites is 1. The van der Waals surface area contributed by atoms with E-state index < -0.39 is 0 Å². The lowest BCUT2D eigenvalue weighted by Gasteiger charge is -2.09. The largest absolute Gasteiger partial charge is 0.325 e. The maximum absolute atomic E-state index is 13.0. The van der Waals surface area contributed by atoms with Gasteiger partial charge in [-0.3, -0.25) is 4.79 Å². The molecule has 0 aliphatic carbocycles. The second-order valence-corrected chi connectivity index (χ2v) is 4.90. The van der Waals surface area contributed by atoms with Crippen LogP contribution in [0.15, 0.2) is 53.4 Å². The number of hydrogen-bond donors (Lipinski definition) is 1. The molecule has 0 aromatic heterocycles. The standard InChI is InChI=1S/C15H14FNOS/c1-19-14-8-3-2-7-13(14)17-15(18)10-11-5-4-6-12(16)9-11/h2-9H,10H2,1H3,(H,17,18). The highest BCUT2D eigenvalue weighted by Gasteiger charge is 2.07. The van der Waals surface area contributed by atoms with Gasteiger partial charge in [-0.05, 0) is 36.1 Å². The quantitative estimate of drug-likeness (QED) is 0.861. The highest BCUT2D eigenvalue weighted by atomic mass is 32.2. The van der Waals surface area contributed by atoms with Crippen LogP contribution in [0.2, 0.25) is 0 Å². The zero-order valence-electron chi connectivity index (χ0n) is 10.5. The van der Waals surface area contributed by atoms with Gasteiger partial charge in [-0.25, -0.2) is 4.39 Å². The van der Waals surface area contributed by atoms with Crippen molar-refractivity contribution in [1.29, 1.82) is 0 Å². The summed E-state index contributed by atoms with van der Waals surface area (Å²) >= 11 is 1.57. The lowest BCUT2D eigenvalue weighted by atomic mass is 10.1. The minimum absolute atomic E-state index is 0.146. The fraction of sp³-hybridized carbons (Fsp3) is 0.133. The summed E-state index contributed by atoms with van der Waals surface area (Å²) in [6.45, 7) is 0. The van der Waals surface area contributed by atoms with Gasteiger partial charge in [-0.15, -0.1) is 11.8 Å². The second-order valence-electron chi connectivity index (χ2n) is 4.06. The Balaban J connectivity index is 2.05. The molecule has 0 aliphatic rings. The summed E-state index contributed by atoms with van der Waals surface area (Å²) in [6.07, 6.45) is 2.12. The normalized spacial score (nSPS) is 10.2.